The van der Waals surface area contributed by atoms with E-state index in [1.54, 1.807) is 49.6 Å². The number of H-pyrrole nitrogens is 1. The number of carbonyl (C=O) groups is 1. The van der Waals surface area contributed by atoms with Gasteiger partial charge in [-0.2, -0.15) is 0 Å². The summed E-state index contributed by atoms with van der Waals surface area (Å²) in [5, 5.41) is 4.45. The van der Waals surface area contributed by atoms with Gasteiger partial charge in [0.1, 0.15) is 10.6 Å². The minimum atomic E-state index is -0.695. The van der Waals surface area contributed by atoms with E-state index in [-0.39, 0.29) is 5.56 Å². The third-order valence-electron chi connectivity index (χ3n) is 4.24. The summed E-state index contributed by atoms with van der Waals surface area (Å²) in [6.07, 6.45) is -0.695. The Kier molecular flexibility index (Phi) is 4.97. The molecule has 4 rings (SSSR count). The topological polar surface area (TPSA) is 81.3 Å². The standard InChI is InChI=1S/C20H16N2O4S2/c1-11(26-20(24)12-5-7-13(25-2)8-6-12)17-21-18(23)16-14(10-28-19(16)22-17)15-4-3-9-27-15/h3-11H,1-2H3,(H,21,22,23)/t11-/m1/s1. The smallest absolute Gasteiger partial charge is 0.338 e. The number of hydrogen-bond acceptors (Lipinski definition) is 7. The first kappa shape index (κ1) is 18.4. The number of aromatic amines is 1. The second-order valence-electron chi connectivity index (χ2n) is 6.03. The van der Waals surface area contributed by atoms with Gasteiger partial charge in [0.25, 0.3) is 5.56 Å². The fourth-order valence-electron chi connectivity index (χ4n) is 2.78. The van der Waals surface area contributed by atoms with Gasteiger partial charge in [0, 0.05) is 15.8 Å². The van der Waals surface area contributed by atoms with Crippen LogP contribution in [0.2, 0.25) is 0 Å². The van der Waals surface area contributed by atoms with Gasteiger partial charge < -0.3 is 14.5 Å². The van der Waals surface area contributed by atoms with E-state index in [9.17, 15) is 9.59 Å². The second kappa shape index (κ2) is 7.57. The molecule has 142 valence electrons. The van der Waals surface area contributed by atoms with Crippen LogP contribution in [0.3, 0.4) is 0 Å². The van der Waals surface area contributed by atoms with Crippen molar-refractivity contribution < 1.29 is 14.3 Å². The Morgan fingerprint density at radius 3 is 2.64 bits per heavy atom. The highest BCUT2D eigenvalue weighted by Gasteiger charge is 2.19. The van der Waals surface area contributed by atoms with Crippen molar-refractivity contribution in [1.29, 1.82) is 0 Å². The van der Waals surface area contributed by atoms with E-state index in [4.69, 9.17) is 9.47 Å². The van der Waals surface area contributed by atoms with Crippen LogP contribution in [0.4, 0.5) is 0 Å². The van der Waals surface area contributed by atoms with E-state index in [0.717, 1.165) is 10.4 Å². The highest BCUT2D eigenvalue weighted by Crippen LogP contribution is 2.33. The molecule has 6 nitrogen and oxygen atoms in total. The minimum absolute atomic E-state index is 0.239. The molecule has 1 aromatic carbocycles. The quantitative estimate of drug-likeness (QED) is 0.483. The van der Waals surface area contributed by atoms with Gasteiger partial charge in [0.2, 0.25) is 0 Å². The maximum Gasteiger partial charge on any atom is 0.338 e. The van der Waals surface area contributed by atoms with Gasteiger partial charge >= 0.3 is 5.97 Å². The van der Waals surface area contributed by atoms with Crippen LogP contribution in [0.5, 0.6) is 5.75 Å². The zero-order valence-electron chi connectivity index (χ0n) is 15.1. The van der Waals surface area contributed by atoms with Crippen LogP contribution in [0, 0.1) is 0 Å². The molecule has 0 radical (unpaired) electrons. The lowest BCUT2D eigenvalue weighted by molar-refractivity contribution is 0.0320. The molecular formula is C20H16N2O4S2. The van der Waals surface area contributed by atoms with Crippen molar-refractivity contribution in [2.75, 3.05) is 7.11 Å². The van der Waals surface area contributed by atoms with E-state index >= 15 is 0 Å². The molecule has 0 bridgehead atoms. The predicted octanol–water partition coefficient (Wildman–Crippen LogP) is 4.64. The van der Waals surface area contributed by atoms with E-state index in [0.29, 0.717) is 27.4 Å². The predicted molar refractivity (Wildman–Crippen MR) is 110 cm³/mol. The van der Waals surface area contributed by atoms with Crippen LogP contribution in [0.15, 0.2) is 52.0 Å². The monoisotopic (exact) mass is 412 g/mol. The van der Waals surface area contributed by atoms with Crippen LogP contribution < -0.4 is 10.3 Å². The van der Waals surface area contributed by atoms with Gasteiger partial charge in [-0.1, -0.05) is 6.07 Å². The lowest BCUT2D eigenvalue weighted by Crippen LogP contribution is -2.17. The van der Waals surface area contributed by atoms with E-state index in [2.05, 4.69) is 9.97 Å². The molecule has 0 saturated carbocycles. The molecule has 4 aromatic rings. The number of esters is 1. The highest BCUT2D eigenvalue weighted by molar-refractivity contribution is 7.18. The van der Waals surface area contributed by atoms with Crippen molar-refractivity contribution in [2.45, 2.75) is 13.0 Å². The van der Waals surface area contributed by atoms with Gasteiger partial charge in [-0.15, -0.1) is 22.7 Å². The molecule has 3 aromatic heterocycles. The molecule has 0 saturated heterocycles. The maximum absolute atomic E-state index is 12.7. The van der Waals surface area contributed by atoms with Gasteiger partial charge in [-0.3, -0.25) is 4.79 Å². The number of rotatable bonds is 5. The maximum atomic E-state index is 12.7. The lowest BCUT2D eigenvalue weighted by atomic mass is 10.2. The summed E-state index contributed by atoms with van der Waals surface area (Å²) in [6.45, 7) is 1.68. The summed E-state index contributed by atoms with van der Waals surface area (Å²) in [7, 11) is 1.56. The fraction of sp³-hybridized carbons (Fsp3) is 0.150. The average molecular weight is 412 g/mol. The molecular weight excluding hydrogens is 396 g/mol. The van der Waals surface area contributed by atoms with Crippen LogP contribution in [-0.2, 0) is 4.74 Å². The Labute approximate surface area is 168 Å². The number of nitrogens with one attached hydrogen (secondary N) is 1. The van der Waals surface area contributed by atoms with Crippen molar-refractivity contribution in [1.82, 2.24) is 9.97 Å². The SMILES string of the molecule is COc1ccc(C(=O)O[C@H](C)c2nc3scc(-c4cccs4)c3c(=O)[nH]2)cc1. The summed E-state index contributed by atoms with van der Waals surface area (Å²) >= 11 is 2.97. The van der Waals surface area contributed by atoms with Crippen molar-refractivity contribution >= 4 is 38.9 Å². The molecule has 1 atom stereocenters. The third kappa shape index (κ3) is 3.44. The Bertz CT molecular complexity index is 1180. The first-order valence-corrected chi connectivity index (χ1v) is 10.2. The first-order valence-electron chi connectivity index (χ1n) is 8.47. The van der Waals surface area contributed by atoms with Crippen LogP contribution in [0.25, 0.3) is 20.7 Å². The highest BCUT2D eigenvalue weighted by atomic mass is 32.1. The van der Waals surface area contributed by atoms with Gasteiger partial charge in [-0.25, -0.2) is 9.78 Å². The van der Waals surface area contributed by atoms with Crippen molar-refractivity contribution in [3.8, 4) is 16.2 Å². The summed E-state index contributed by atoms with van der Waals surface area (Å²) < 4.78 is 10.6. The second-order valence-corrected chi connectivity index (χ2v) is 7.84. The molecule has 0 aliphatic carbocycles. The van der Waals surface area contributed by atoms with Crippen LogP contribution in [0.1, 0.15) is 29.2 Å². The molecule has 0 unspecified atom stereocenters. The lowest BCUT2D eigenvalue weighted by Gasteiger charge is -2.13. The molecule has 0 fully saturated rings. The largest absolute Gasteiger partial charge is 0.497 e. The first-order chi connectivity index (χ1) is 13.6. The Morgan fingerprint density at radius 1 is 1.18 bits per heavy atom. The number of aromatic nitrogens is 2. The third-order valence-corrected chi connectivity index (χ3v) is 6.02. The van der Waals surface area contributed by atoms with Crippen molar-refractivity contribution in [2.24, 2.45) is 0 Å². The zero-order valence-corrected chi connectivity index (χ0v) is 16.7. The van der Waals surface area contributed by atoms with Gasteiger partial charge in [-0.05, 0) is 42.6 Å². The zero-order chi connectivity index (χ0) is 19.7. The van der Waals surface area contributed by atoms with Crippen molar-refractivity contribution in [3.05, 3.63) is 68.9 Å². The average Bonchev–Trinajstić information content (AvgIpc) is 3.37. The number of thiophene rings is 2. The van der Waals surface area contributed by atoms with E-state index < -0.39 is 12.1 Å². The molecule has 0 aliphatic heterocycles. The summed E-state index contributed by atoms with van der Waals surface area (Å²) in [4.78, 5) is 33.9. The normalized spacial score (nSPS) is 12.1. The summed E-state index contributed by atoms with van der Waals surface area (Å²) in [5.74, 6) is 0.475. The molecule has 8 heteroatoms. The number of fused-ring (bicyclic) bond motifs is 1. The van der Waals surface area contributed by atoms with Crippen LogP contribution in [-0.4, -0.2) is 23.0 Å². The molecule has 3 heterocycles. The fourth-order valence-corrected chi connectivity index (χ4v) is 4.55. The Balaban J connectivity index is 1.60. The number of ether oxygens (including phenoxy) is 2. The molecule has 0 spiro atoms. The summed E-state index contributed by atoms with van der Waals surface area (Å²) in [5.41, 5.74) is 1.03. The number of nitrogens with zero attached hydrogens (tertiary/aromatic N) is 1. The van der Waals surface area contributed by atoms with Crippen LogP contribution >= 0.6 is 22.7 Å². The van der Waals surface area contributed by atoms with Crippen molar-refractivity contribution in [3.63, 3.8) is 0 Å². The Hall–Kier alpha value is -2.97. The number of benzene rings is 1. The van der Waals surface area contributed by atoms with Gasteiger partial charge in [0.15, 0.2) is 11.9 Å². The summed E-state index contributed by atoms with van der Waals surface area (Å²) in [6, 6.07) is 10.5. The number of carbonyl (C=O) groups excluding carboxylic acids is 1. The molecule has 0 aliphatic rings. The van der Waals surface area contributed by atoms with Gasteiger partial charge in [0.05, 0.1) is 18.1 Å². The van der Waals surface area contributed by atoms with E-state index in [1.165, 1.54) is 11.3 Å². The van der Waals surface area contributed by atoms with E-state index in [1.807, 2.05) is 22.9 Å². The molecule has 0 amide bonds. The molecule has 28 heavy (non-hydrogen) atoms. The molecule has 1 N–H and O–H groups in total. The number of hydrogen-bond donors (Lipinski definition) is 1. The Morgan fingerprint density at radius 2 is 1.96 bits per heavy atom. The minimum Gasteiger partial charge on any atom is -0.497 e. The number of methoxy groups -OCH3 is 1.